The van der Waals surface area contributed by atoms with Gasteiger partial charge in [0.1, 0.15) is 50.8 Å². The minimum Gasteiger partial charge on any atom is -0.236 e. The maximum absolute atomic E-state index is 13.1. The summed E-state index contributed by atoms with van der Waals surface area (Å²) in [5.74, 6) is 0. The van der Waals surface area contributed by atoms with Crippen molar-refractivity contribution in [3.05, 3.63) is 322 Å². The second kappa shape index (κ2) is 37.2. The van der Waals surface area contributed by atoms with E-state index in [0.717, 1.165) is 55.3 Å². The quantitative estimate of drug-likeness (QED) is 0.0907. The molecule has 7 aromatic heterocycles. The lowest BCUT2D eigenvalue weighted by Crippen LogP contribution is -2.34. The van der Waals surface area contributed by atoms with Crippen LogP contribution in [0.2, 0.25) is 0 Å². The van der Waals surface area contributed by atoms with Crippen LogP contribution in [0.15, 0.2) is 232 Å². The fourth-order valence-corrected chi connectivity index (χ4v) is 17.3. The molecular formula is C106H118F3N10+7. The highest BCUT2D eigenvalue weighted by molar-refractivity contribution is 6.10. The molecule has 0 aliphatic carbocycles. The third-order valence-corrected chi connectivity index (χ3v) is 23.9. The van der Waals surface area contributed by atoms with Gasteiger partial charge in [-0.15, -0.1) is 0 Å². The highest BCUT2D eigenvalue weighted by Gasteiger charge is 2.38. The summed E-state index contributed by atoms with van der Waals surface area (Å²) in [5.41, 5.74) is 20.2. The average molecular weight is 1590 g/mol. The zero-order valence-electron chi connectivity index (χ0n) is 74.0. The van der Waals surface area contributed by atoms with Crippen LogP contribution in [0.3, 0.4) is 0 Å². The summed E-state index contributed by atoms with van der Waals surface area (Å²) >= 11 is 0. The number of hydrogen-bond donors (Lipinski definition) is 0. The number of aryl methyl sites for hydroxylation is 22. The van der Waals surface area contributed by atoms with E-state index in [1.807, 2.05) is 26.6 Å². The molecule has 0 atom stereocenters. The normalized spacial score (nSPS) is 11.3. The molecule has 13 heteroatoms. The standard InChI is InChI=1S/4C17H18N.C13H14F3N2.C13H17N2.C12H15N2/c1-4-17-16-8-6-13-11-12(2)5-7-14(13)15(16)9-10-18(17)3;1-4-17-16-11-13-6-5-12(2)9-15(13)10-14(16)7-8-18(17)3;1-4-17-16-11-15-9-12(2)5-6-13(15)10-14(16)7-8-18(17)3;1-4-17-16-9-8-13-12(2)6-5-7-14(13)15(16)10-11-18(17)3;1-4-10-9-6-5-8(2)11(13(14,15)16)12(9)17-7-18(10)3;1-5-12-11-7-6-9(2)10(3)13(11)14-8-15(12)4;1-4-12-10-7-9(2)5-6-11(10)13-8-14(12)3/h4*5-11H,4H2,1-3H3;5-7H,4H2,1-3H3;6-8H,5H2,1-4H3;5-8H,4H2,1-3H3/q7*+1. The van der Waals surface area contributed by atoms with Crippen LogP contribution in [0.25, 0.3) is 119 Å². The van der Waals surface area contributed by atoms with Gasteiger partial charge in [-0.05, 0) is 202 Å². The van der Waals surface area contributed by atoms with Gasteiger partial charge in [-0.25, -0.2) is 32.0 Å². The van der Waals surface area contributed by atoms with Gasteiger partial charge in [-0.2, -0.15) is 13.2 Å². The Labute approximate surface area is 700 Å². The number of halogens is 3. The van der Waals surface area contributed by atoms with Crippen LogP contribution in [-0.2, 0) is 100 Å². The van der Waals surface area contributed by atoms with E-state index >= 15 is 0 Å². The minimum absolute atomic E-state index is 0.0393. The molecule has 0 unspecified atom stereocenters. The number of aromatic nitrogens is 10. The maximum Gasteiger partial charge on any atom is 0.420 e. The van der Waals surface area contributed by atoms with Gasteiger partial charge in [-0.3, -0.25) is 0 Å². The van der Waals surface area contributed by atoms with E-state index in [1.165, 1.54) is 189 Å². The van der Waals surface area contributed by atoms with E-state index in [-0.39, 0.29) is 11.1 Å². The molecule has 7 heterocycles. The van der Waals surface area contributed by atoms with E-state index in [1.54, 1.807) is 17.7 Å². The van der Waals surface area contributed by atoms with Gasteiger partial charge in [0.2, 0.25) is 0 Å². The van der Waals surface area contributed by atoms with Crippen molar-refractivity contribution in [1.29, 1.82) is 0 Å². The number of hydrogen-bond acceptors (Lipinski definition) is 3. The Morgan fingerprint density at radius 3 is 1.14 bits per heavy atom. The Morgan fingerprint density at radius 2 is 0.605 bits per heavy atom. The van der Waals surface area contributed by atoms with Crippen LogP contribution in [0.4, 0.5) is 13.2 Å². The van der Waals surface area contributed by atoms with E-state index in [9.17, 15) is 13.2 Å². The van der Waals surface area contributed by atoms with Crippen LogP contribution < -0.4 is 32.0 Å². The van der Waals surface area contributed by atoms with E-state index < -0.39 is 11.7 Å². The molecule has 0 aliphatic heterocycles. The highest BCUT2D eigenvalue weighted by atomic mass is 19.4. The second-order valence-electron chi connectivity index (χ2n) is 32.0. The molecule has 0 radical (unpaired) electrons. The van der Waals surface area contributed by atoms with Crippen molar-refractivity contribution in [2.45, 2.75) is 155 Å². The smallest absolute Gasteiger partial charge is 0.236 e. The molecule has 606 valence electrons. The summed E-state index contributed by atoms with van der Waals surface area (Å²) in [6.45, 7) is 31.6. The number of alkyl halides is 3. The van der Waals surface area contributed by atoms with Crippen molar-refractivity contribution in [1.82, 2.24) is 15.0 Å². The molecular weight excluding hydrogens is 1470 g/mol. The fourth-order valence-electron chi connectivity index (χ4n) is 17.3. The molecule has 11 aromatic carbocycles. The molecule has 0 bridgehead atoms. The number of rotatable bonds is 7. The average Bonchev–Trinajstić information content (AvgIpc) is 0.777. The Kier molecular flexibility index (Phi) is 27.0. The first kappa shape index (κ1) is 86.3. The molecule has 0 saturated carbocycles. The van der Waals surface area contributed by atoms with E-state index in [2.05, 4.69) is 368 Å². The summed E-state index contributed by atoms with van der Waals surface area (Å²) in [5, 5.41) is 24.8. The molecule has 18 rings (SSSR count). The van der Waals surface area contributed by atoms with Crippen molar-refractivity contribution in [2.75, 3.05) is 0 Å². The van der Waals surface area contributed by atoms with Gasteiger partial charge in [0.05, 0.1) is 37.3 Å². The molecule has 0 saturated heterocycles. The Balaban J connectivity index is 0.000000128. The van der Waals surface area contributed by atoms with E-state index in [4.69, 9.17) is 0 Å². The molecule has 0 amide bonds. The predicted octanol–water partition coefficient (Wildman–Crippen LogP) is 21.9. The van der Waals surface area contributed by atoms with Crippen LogP contribution in [0.1, 0.15) is 138 Å². The molecule has 18 aromatic rings. The topological polar surface area (TPSA) is 65.8 Å². The van der Waals surface area contributed by atoms with Crippen molar-refractivity contribution in [2.24, 2.45) is 49.3 Å². The van der Waals surface area contributed by atoms with Crippen molar-refractivity contribution >= 4 is 119 Å². The predicted molar refractivity (Wildman–Crippen MR) is 488 cm³/mol. The second-order valence-corrected chi connectivity index (χ2v) is 32.0. The summed E-state index contributed by atoms with van der Waals surface area (Å²) in [6, 6.07) is 67.7. The lowest BCUT2D eigenvalue weighted by molar-refractivity contribution is -0.680. The SMILES string of the molecule is CCc1c2cc(C)ccc2nc[n+]1C.CCc1c2cc3cc(C)ccc3cc2cc[n+]1C.CCc1c2cc3ccc(C)cc3cc2cc[n+]1C.CCc1c2ccc(C)c(C(F)(F)F)c2nc[n+]1C.CCc1c2ccc(C)c(C)c2nc[n+]1C.CCc1c2ccc3c(C)cccc3c2cc[n+]1C.CCc1c2ccc3cc(C)ccc3c2cc[n+]1C. The fraction of sp³-hybridized carbons (Fsp3) is 0.283. The lowest BCUT2D eigenvalue weighted by Gasteiger charge is -2.11. The molecule has 0 N–H and O–H groups in total. The maximum atomic E-state index is 13.1. The van der Waals surface area contributed by atoms with Gasteiger partial charge < -0.3 is 0 Å². The molecule has 0 aliphatic rings. The Hall–Kier alpha value is -12.1. The monoisotopic (exact) mass is 1590 g/mol. The third-order valence-electron chi connectivity index (χ3n) is 23.9. The number of nitrogens with zero attached hydrogens (tertiary/aromatic N) is 10. The Bertz CT molecular complexity index is 6820. The summed E-state index contributed by atoms with van der Waals surface area (Å²) < 4.78 is 54.1. The van der Waals surface area contributed by atoms with Crippen LogP contribution in [-0.4, -0.2) is 15.0 Å². The van der Waals surface area contributed by atoms with Crippen LogP contribution in [0, 0.1) is 55.4 Å². The summed E-state index contributed by atoms with van der Waals surface area (Å²) in [6.07, 6.45) is 16.5. The molecule has 119 heavy (non-hydrogen) atoms. The first-order valence-electron chi connectivity index (χ1n) is 42.1. The number of benzene rings is 11. The van der Waals surface area contributed by atoms with Gasteiger partial charge in [0.15, 0.2) is 64.1 Å². The zero-order chi connectivity index (χ0) is 85.4. The van der Waals surface area contributed by atoms with Crippen LogP contribution >= 0.6 is 0 Å². The van der Waals surface area contributed by atoms with Crippen molar-refractivity contribution in [3.8, 4) is 0 Å². The Morgan fingerprint density at radius 1 is 0.252 bits per heavy atom. The third kappa shape index (κ3) is 18.5. The van der Waals surface area contributed by atoms with Gasteiger partial charge in [0, 0.05) is 107 Å². The summed E-state index contributed by atoms with van der Waals surface area (Å²) in [4.78, 5) is 12.9. The minimum atomic E-state index is -4.37. The first-order chi connectivity index (χ1) is 57.0. The van der Waals surface area contributed by atoms with E-state index in [0.29, 0.717) is 11.8 Å². The van der Waals surface area contributed by atoms with Crippen LogP contribution in [0.5, 0.6) is 0 Å². The number of fused-ring (bicyclic) bond motifs is 13. The first-order valence-corrected chi connectivity index (χ1v) is 42.1. The lowest BCUT2D eigenvalue weighted by atomic mass is 9.98. The zero-order valence-corrected chi connectivity index (χ0v) is 74.0. The number of pyridine rings is 4. The van der Waals surface area contributed by atoms with Gasteiger partial charge in [0.25, 0.3) is 19.0 Å². The molecule has 0 spiro atoms. The molecule has 0 fully saturated rings. The largest absolute Gasteiger partial charge is 0.420 e. The van der Waals surface area contributed by atoms with Gasteiger partial charge >= 0.3 is 6.18 Å². The molecule has 10 nitrogen and oxygen atoms in total. The van der Waals surface area contributed by atoms with Gasteiger partial charge in [-0.1, -0.05) is 174 Å². The highest BCUT2D eigenvalue weighted by Crippen LogP contribution is 2.38. The summed E-state index contributed by atoms with van der Waals surface area (Å²) in [7, 11) is 14.4. The van der Waals surface area contributed by atoms with Crippen molar-refractivity contribution < 1.29 is 45.1 Å². The van der Waals surface area contributed by atoms with Crippen molar-refractivity contribution in [3.63, 3.8) is 0 Å².